The number of ether oxygens (including phenoxy) is 3. The van der Waals surface area contributed by atoms with Crippen molar-refractivity contribution in [2.24, 2.45) is 0 Å². The van der Waals surface area contributed by atoms with E-state index < -0.39 is 17.8 Å². The second kappa shape index (κ2) is 12.0. The molecular formula is C31H31ClF3N9O3. The number of benzene rings is 1. The quantitative estimate of drug-likeness (QED) is 0.218. The molecule has 0 spiro atoms. The van der Waals surface area contributed by atoms with Crippen LogP contribution in [0.2, 0.25) is 5.02 Å². The summed E-state index contributed by atoms with van der Waals surface area (Å²) in [5.74, 6) is -0.0308. The number of methoxy groups -OCH3 is 1. The van der Waals surface area contributed by atoms with Gasteiger partial charge in [-0.2, -0.15) is 18.3 Å². The van der Waals surface area contributed by atoms with Crippen LogP contribution in [0.4, 0.5) is 13.2 Å². The Labute approximate surface area is 272 Å². The molecule has 6 heterocycles. The summed E-state index contributed by atoms with van der Waals surface area (Å²) < 4.78 is 59.4. The Bertz CT molecular complexity index is 1910. The van der Waals surface area contributed by atoms with E-state index in [2.05, 4.69) is 36.2 Å². The highest BCUT2D eigenvalue weighted by Crippen LogP contribution is 2.49. The van der Waals surface area contributed by atoms with Crippen molar-refractivity contribution in [3.63, 3.8) is 0 Å². The van der Waals surface area contributed by atoms with Gasteiger partial charge in [-0.3, -0.25) is 15.0 Å². The number of hydrogen-bond acceptors (Lipinski definition) is 10. The van der Waals surface area contributed by atoms with E-state index in [1.807, 2.05) is 35.6 Å². The summed E-state index contributed by atoms with van der Waals surface area (Å²) in [4.78, 5) is 15.1. The SMILES string of the molecule is COC(C)Cn1c(CN2CCC(c3cccc4c3OC(C)(c3ccc(Cl)cn3)O4)CC2)nc2cc(-c3n[nH]c(C(F)(F)F)n3)nnc21. The minimum atomic E-state index is -4.65. The van der Waals surface area contributed by atoms with Gasteiger partial charge in [0.2, 0.25) is 11.6 Å². The van der Waals surface area contributed by atoms with E-state index in [4.69, 9.17) is 30.8 Å². The molecule has 47 heavy (non-hydrogen) atoms. The average Bonchev–Trinajstić information content (AvgIpc) is 3.77. The highest BCUT2D eigenvalue weighted by atomic mass is 35.5. The maximum absolute atomic E-state index is 13.1. The number of H-pyrrole nitrogens is 1. The smallest absolute Gasteiger partial charge is 0.443 e. The van der Waals surface area contributed by atoms with Crippen molar-refractivity contribution in [3.05, 3.63) is 70.5 Å². The van der Waals surface area contributed by atoms with Gasteiger partial charge in [-0.1, -0.05) is 23.7 Å². The number of fused-ring (bicyclic) bond motifs is 2. The first-order chi connectivity index (χ1) is 22.5. The van der Waals surface area contributed by atoms with Crippen molar-refractivity contribution >= 4 is 22.8 Å². The summed E-state index contributed by atoms with van der Waals surface area (Å²) in [6.07, 6.45) is -1.44. The van der Waals surface area contributed by atoms with Crippen molar-refractivity contribution in [1.29, 1.82) is 0 Å². The largest absolute Gasteiger partial charge is 0.451 e. The molecule has 2 aliphatic heterocycles. The Morgan fingerprint density at radius 1 is 1.13 bits per heavy atom. The minimum Gasteiger partial charge on any atom is -0.443 e. The number of nitrogens with zero attached hydrogens (tertiary/aromatic N) is 8. The zero-order chi connectivity index (χ0) is 32.9. The van der Waals surface area contributed by atoms with Crippen LogP contribution >= 0.6 is 11.6 Å². The van der Waals surface area contributed by atoms with Gasteiger partial charge >= 0.3 is 6.18 Å². The summed E-state index contributed by atoms with van der Waals surface area (Å²) in [5, 5.41) is 14.6. The van der Waals surface area contributed by atoms with E-state index in [0.29, 0.717) is 40.7 Å². The molecule has 12 nitrogen and oxygen atoms in total. The molecule has 0 aliphatic carbocycles. The van der Waals surface area contributed by atoms with Crippen LogP contribution in [0.25, 0.3) is 22.7 Å². The van der Waals surface area contributed by atoms with E-state index in [1.165, 1.54) is 0 Å². The number of aromatic amines is 1. The lowest BCUT2D eigenvalue weighted by Gasteiger charge is -2.32. The number of imidazole rings is 1. The van der Waals surface area contributed by atoms with Gasteiger partial charge in [0.1, 0.15) is 22.7 Å². The molecule has 0 saturated carbocycles. The van der Waals surface area contributed by atoms with E-state index in [9.17, 15) is 13.2 Å². The summed E-state index contributed by atoms with van der Waals surface area (Å²) in [6.45, 7) is 6.42. The molecular weight excluding hydrogens is 639 g/mol. The number of halogens is 4. The Morgan fingerprint density at radius 2 is 1.94 bits per heavy atom. The molecule has 2 aliphatic rings. The number of likely N-dealkylation sites (tertiary alicyclic amines) is 1. The number of para-hydroxylation sites is 1. The normalized spacial score (nSPS) is 19.5. The summed E-state index contributed by atoms with van der Waals surface area (Å²) in [5.41, 5.74) is 2.81. The van der Waals surface area contributed by atoms with Crippen LogP contribution in [0.15, 0.2) is 42.6 Å². The second-order valence-electron chi connectivity index (χ2n) is 11.9. The Hall–Kier alpha value is -4.34. The number of rotatable bonds is 8. The predicted molar refractivity (Wildman–Crippen MR) is 164 cm³/mol. The standard InChI is InChI=1S/C31H31ClF3N9O3/c1-17(45-3)15-44-25(37-22-13-21(39-41-28(22)44)27-38-29(42-40-27)31(33,34)35)16-43-11-9-18(10-12-43)20-5-4-6-23-26(20)47-30(2,46-23)24-8-7-19(32)14-36-24/h4-8,13-14,17-18H,9-12,15-16H2,1-3H3,(H,38,40,42). The maximum Gasteiger partial charge on any atom is 0.451 e. The molecule has 1 saturated heterocycles. The van der Waals surface area contributed by atoms with Crippen LogP contribution in [0.1, 0.15) is 55.5 Å². The number of nitrogens with one attached hydrogen (secondary N) is 1. The van der Waals surface area contributed by atoms with Crippen molar-refractivity contribution in [2.75, 3.05) is 20.2 Å². The van der Waals surface area contributed by atoms with E-state index in [1.54, 1.807) is 31.5 Å². The van der Waals surface area contributed by atoms with Crippen molar-refractivity contribution in [3.8, 4) is 23.0 Å². The molecule has 4 aromatic heterocycles. The molecule has 1 aromatic carbocycles. The highest BCUT2D eigenvalue weighted by Gasteiger charge is 2.42. The first-order valence-corrected chi connectivity index (χ1v) is 15.5. The average molecular weight is 670 g/mol. The van der Waals surface area contributed by atoms with Gasteiger partial charge < -0.3 is 18.8 Å². The molecule has 5 aromatic rings. The minimum absolute atomic E-state index is 0.0885. The van der Waals surface area contributed by atoms with Crippen molar-refractivity contribution in [1.82, 2.24) is 44.8 Å². The molecule has 2 unspecified atom stereocenters. The Kier molecular flexibility index (Phi) is 8.00. The fourth-order valence-electron chi connectivity index (χ4n) is 6.05. The fourth-order valence-corrected chi connectivity index (χ4v) is 6.16. The van der Waals surface area contributed by atoms with Crippen LogP contribution in [0.3, 0.4) is 0 Å². The van der Waals surface area contributed by atoms with Crippen LogP contribution < -0.4 is 9.47 Å². The fraction of sp³-hybridized carbons (Fsp3) is 0.419. The third-order valence-electron chi connectivity index (χ3n) is 8.59. The van der Waals surface area contributed by atoms with Gasteiger partial charge in [0, 0.05) is 25.8 Å². The van der Waals surface area contributed by atoms with Gasteiger partial charge in [-0.25, -0.2) is 9.97 Å². The first-order valence-electron chi connectivity index (χ1n) is 15.1. The number of piperidine rings is 1. The second-order valence-corrected chi connectivity index (χ2v) is 12.3. The number of pyridine rings is 1. The van der Waals surface area contributed by atoms with E-state index in [-0.39, 0.29) is 23.5 Å². The monoisotopic (exact) mass is 669 g/mol. The number of hydrogen-bond donors (Lipinski definition) is 1. The highest BCUT2D eigenvalue weighted by molar-refractivity contribution is 6.30. The van der Waals surface area contributed by atoms with Gasteiger partial charge in [0.25, 0.3) is 5.79 Å². The summed E-state index contributed by atoms with van der Waals surface area (Å²) >= 11 is 6.04. The molecule has 0 amide bonds. The molecule has 16 heteroatoms. The Morgan fingerprint density at radius 3 is 2.64 bits per heavy atom. The van der Waals surface area contributed by atoms with Gasteiger partial charge in [-0.05, 0) is 63.0 Å². The predicted octanol–water partition coefficient (Wildman–Crippen LogP) is 5.74. The summed E-state index contributed by atoms with van der Waals surface area (Å²) in [6, 6.07) is 11.1. The van der Waals surface area contributed by atoms with E-state index >= 15 is 0 Å². The molecule has 1 N–H and O–H groups in total. The zero-order valence-corrected chi connectivity index (χ0v) is 26.5. The number of alkyl halides is 3. The third kappa shape index (κ3) is 6.10. The molecule has 2 atom stereocenters. The lowest BCUT2D eigenvalue weighted by molar-refractivity contribution is -0.144. The van der Waals surface area contributed by atoms with Crippen LogP contribution in [0.5, 0.6) is 11.5 Å². The third-order valence-corrected chi connectivity index (χ3v) is 8.82. The van der Waals surface area contributed by atoms with Crippen molar-refractivity contribution in [2.45, 2.75) is 63.8 Å². The molecule has 1 fully saturated rings. The summed E-state index contributed by atoms with van der Waals surface area (Å²) in [7, 11) is 1.63. The lowest BCUT2D eigenvalue weighted by atomic mass is 9.88. The van der Waals surface area contributed by atoms with Crippen LogP contribution in [0, 0.1) is 0 Å². The van der Waals surface area contributed by atoms with Gasteiger partial charge in [0.15, 0.2) is 17.1 Å². The Balaban J connectivity index is 1.08. The van der Waals surface area contributed by atoms with Crippen LogP contribution in [-0.2, 0) is 29.8 Å². The topological polar surface area (TPSA) is 129 Å². The van der Waals surface area contributed by atoms with Crippen LogP contribution in [-0.4, -0.2) is 71.1 Å². The molecule has 0 radical (unpaired) electrons. The molecule has 7 rings (SSSR count). The van der Waals surface area contributed by atoms with Gasteiger partial charge in [-0.15, -0.1) is 10.2 Å². The van der Waals surface area contributed by atoms with Crippen molar-refractivity contribution < 1.29 is 27.4 Å². The maximum atomic E-state index is 13.1. The zero-order valence-electron chi connectivity index (χ0n) is 25.8. The lowest BCUT2D eigenvalue weighted by Crippen LogP contribution is -2.34. The van der Waals surface area contributed by atoms with Gasteiger partial charge in [0.05, 0.1) is 24.2 Å². The van der Waals surface area contributed by atoms with E-state index in [0.717, 1.165) is 43.1 Å². The molecule has 246 valence electrons. The number of aromatic nitrogens is 8. The molecule has 0 bridgehead atoms. The first kappa shape index (κ1) is 31.3.